The number of nitrogens with one attached hydrogen (secondary N) is 1. The first kappa shape index (κ1) is 21.1. The minimum absolute atomic E-state index is 0.0904. The molecule has 1 atom stereocenters. The molecule has 1 unspecified atom stereocenters. The van der Waals surface area contributed by atoms with Crippen molar-refractivity contribution in [3.63, 3.8) is 0 Å². The van der Waals surface area contributed by atoms with Gasteiger partial charge in [0.25, 0.3) is 5.91 Å². The quantitative estimate of drug-likeness (QED) is 0.653. The van der Waals surface area contributed by atoms with Crippen molar-refractivity contribution < 1.29 is 9.21 Å². The fourth-order valence-electron chi connectivity index (χ4n) is 3.86. The number of anilines is 1. The SMILES string of the molecule is Cc1ccc(N2CCN(Cc3nc(C(=O)NC(C)c4ccccc4)co3)CC2)cc1C. The number of hydrogen-bond acceptors (Lipinski definition) is 5. The number of hydrogen-bond donors (Lipinski definition) is 1. The second-order valence-corrected chi connectivity index (χ2v) is 8.26. The Bertz CT molecular complexity index is 1020. The van der Waals surface area contributed by atoms with Crippen LogP contribution in [-0.4, -0.2) is 42.0 Å². The smallest absolute Gasteiger partial charge is 0.273 e. The van der Waals surface area contributed by atoms with Crippen molar-refractivity contribution in [2.75, 3.05) is 31.1 Å². The molecule has 0 spiro atoms. The predicted molar refractivity (Wildman–Crippen MR) is 122 cm³/mol. The number of oxazole rings is 1. The molecule has 0 radical (unpaired) electrons. The van der Waals surface area contributed by atoms with Gasteiger partial charge in [0, 0.05) is 31.9 Å². The average Bonchev–Trinajstić information content (AvgIpc) is 3.25. The molecule has 6 nitrogen and oxygen atoms in total. The first-order valence-corrected chi connectivity index (χ1v) is 10.8. The Labute approximate surface area is 183 Å². The molecule has 0 aliphatic carbocycles. The number of aromatic nitrogens is 1. The molecular weight excluding hydrogens is 388 g/mol. The van der Waals surface area contributed by atoms with Crippen LogP contribution in [0, 0.1) is 13.8 Å². The summed E-state index contributed by atoms with van der Waals surface area (Å²) in [5.41, 5.74) is 5.31. The van der Waals surface area contributed by atoms with E-state index in [1.165, 1.54) is 23.1 Å². The van der Waals surface area contributed by atoms with E-state index < -0.39 is 0 Å². The molecule has 1 fully saturated rings. The molecule has 1 N–H and O–H groups in total. The van der Waals surface area contributed by atoms with E-state index in [4.69, 9.17) is 4.42 Å². The van der Waals surface area contributed by atoms with Gasteiger partial charge in [0.05, 0.1) is 12.6 Å². The highest BCUT2D eigenvalue weighted by Crippen LogP contribution is 2.21. The topological polar surface area (TPSA) is 61.6 Å². The Kier molecular flexibility index (Phi) is 6.37. The third-order valence-corrected chi connectivity index (χ3v) is 6.02. The van der Waals surface area contributed by atoms with Crippen molar-refractivity contribution in [3.8, 4) is 0 Å². The molecule has 0 saturated carbocycles. The minimum atomic E-state index is -0.217. The standard InChI is InChI=1S/C25H30N4O2/c1-18-9-10-22(15-19(18)2)29-13-11-28(12-14-29)16-24-27-23(17-31-24)25(30)26-20(3)21-7-5-4-6-8-21/h4-10,15,17,20H,11-14,16H2,1-3H3,(H,26,30). The minimum Gasteiger partial charge on any atom is -0.447 e. The maximum Gasteiger partial charge on any atom is 0.273 e. The molecule has 2 heterocycles. The lowest BCUT2D eigenvalue weighted by molar-refractivity contribution is 0.0934. The number of aryl methyl sites for hydroxylation is 2. The van der Waals surface area contributed by atoms with Gasteiger partial charge < -0.3 is 14.6 Å². The van der Waals surface area contributed by atoms with E-state index in [0.29, 0.717) is 18.1 Å². The molecule has 1 aromatic heterocycles. The summed E-state index contributed by atoms with van der Waals surface area (Å²) in [6.45, 7) is 10.7. The molecule has 0 bridgehead atoms. The lowest BCUT2D eigenvalue weighted by atomic mass is 10.1. The van der Waals surface area contributed by atoms with E-state index in [-0.39, 0.29) is 11.9 Å². The maximum atomic E-state index is 12.5. The van der Waals surface area contributed by atoms with Gasteiger partial charge in [-0.25, -0.2) is 4.98 Å². The monoisotopic (exact) mass is 418 g/mol. The highest BCUT2D eigenvalue weighted by atomic mass is 16.3. The van der Waals surface area contributed by atoms with Crippen molar-refractivity contribution in [1.29, 1.82) is 0 Å². The van der Waals surface area contributed by atoms with E-state index in [9.17, 15) is 4.79 Å². The second kappa shape index (κ2) is 9.35. The van der Waals surface area contributed by atoms with Crippen molar-refractivity contribution in [2.45, 2.75) is 33.4 Å². The van der Waals surface area contributed by atoms with Crippen LogP contribution in [0.3, 0.4) is 0 Å². The summed E-state index contributed by atoms with van der Waals surface area (Å²) in [5.74, 6) is 0.364. The van der Waals surface area contributed by atoms with Gasteiger partial charge in [0.1, 0.15) is 6.26 Å². The van der Waals surface area contributed by atoms with E-state index in [1.54, 1.807) is 0 Å². The molecule has 4 rings (SSSR count). The molecule has 1 amide bonds. The van der Waals surface area contributed by atoms with E-state index >= 15 is 0 Å². The van der Waals surface area contributed by atoms with Crippen molar-refractivity contribution in [1.82, 2.24) is 15.2 Å². The van der Waals surface area contributed by atoms with Crippen LogP contribution >= 0.6 is 0 Å². The van der Waals surface area contributed by atoms with Crippen molar-refractivity contribution >= 4 is 11.6 Å². The van der Waals surface area contributed by atoms with E-state index in [1.807, 2.05) is 37.3 Å². The first-order chi connectivity index (χ1) is 15.0. The zero-order chi connectivity index (χ0) is 21.8. The van der Waals surface area contributed by atoms with Crippen LogP contribution in [0.2, 0.25) is 0 Å². The highest BCUT2D eigenvalue weighted by molar-refractivity contribution is 5.92. The van der Waals surface area contributed by atoms with Gasteiger partial charge in [0.2, 0.25) is 5.89 Å². The van der Waals surface area contributed by atoms with Crippen molar-refractivity contribution in [3.05, 3.63) is 83.1 Å². The first-order valence-electron chi connectivity index (χ1n) is 10.8. The van der Waals surface area contributed by atoms with Gasteiger partial charge in [0.15, 0.2) is 5.69 Å². The van der Waals surface area contributed by atoms with Gasteiger partial charge in [-0.3, -0.25) is 9.69 Å². The average molecular weight is 419 g/mol. The van der Waals surface area contributed by atoms with Crippen LogP contribution in [0.15, 0.2) is 59.2 Å². The van der Waals surface area contributed by atoms with Gasteiger partial charge in [-0.15, -0.1) is 0 Å². The molecule has 1 aliphatic heterocycles. The number of benzene rings is 2. The number of amides is 1. The summed E-state index contributed by atoms with van der Waals surface area (Å²) in [4.78, 5) is 21.7. The fourth-order valence-corrected chi connectivity index (χ4v) is 3.86. The van der Waals surface area contributed by atoms with Gasteiger partial charge in [-0.1, -0.05) is 36.4 Å². The molecule has 31 heavy (non-hydrogen) atoms. The maximum absolute atomic E-state index is 12.5. The summed E-state index contributed by atoms with van der Waals surface area (Å²) in [6, 6.07) is 16.4. The van der Waals surface area contributed by atoms with Gasteiger partial charge in [-0.05, 0) is 49.6 Å². The lowest BCUT2D eigenvalue weighted by Gasteiger charge is -2.35. The summed E-state index contributed by atoms with van der Waals surface area (Å²) in [6.07, 6.45) is 1.45. The molecule has 6 heteroatoms. The van der Waals surface area contributed by atoms with Crippen LogP contribution in [0.5, 0.6) is 0 Å². The molecule has 1 saturated heterocycles. The Hall–Kier alpha value is -3.12. The van der Waals surface area contributed by atoms with Gasteiger partial charge in [-0.2, -0.15) is 0 Å². The van der Waals surface area contributed by atoms with Crippen LogP contribution in [0.1, 0.15) is 46.0 Å². The van der Waals surface area contributed by atoms with Crippen LogP contribution in [0.25, 0.3) is 0 Å². The Morgan fingerprint density at radius 3 is 2.52 bits per heavy atom. The normalized spacial score (nSPS) is 15.6. The largest absolute Gasteiger partial charge is 0.447 e. The molecule has 2 aromatic carbocycles. The summed E-state index contributed by atoms with van der Waals surface area (Å²) >= 11 is 0. The zero-order valence-electron chi connectivity index (χ0n) is 18.5. The molecule has 1 aliphatic rings. The predicted octanol–water partition coefficient (Wildman–Crippen LogP) is 4.10. The number of carbonyl (C=O) groups excluding carboxylic acids is 1. The number of piperazine rings is 1. The Morgan fingerprint density at radius 2 is 1.81 bits per heavy atom. The Morgan fingerprint density at radius 1 is 1.06 bits per heavy atom. The molecule has 162 valence electrons. The molecular formula is C25H30N4O2. The number of nitrogens with zero attached hydrogens (tertiary/aromatic N) is 3. The third kappa shape index (κ3) is 5.14. The van der Waals surface area contributed by atoms with Crippen LogP contribution < -0.4 is 10.2 Å². The van der Waals surface area contributed by atoms with Crippen LogP contribution in [-0.2, 0) is 6.54 Å². The second-order valence-electron chi connectivity index (χ2n) is 8.26. The van der Waals surface area contributed by atoms with Crippen LogP contribution in [0.4, 0.5) is 5.69 Å². The highest BCUT2D eigenvalue weighted by Gasteiger charge is 2.21. The lowest BCUT2D eigenvalue weighted by Crippen LogP contribution is -2.46. The number of rotatable bonds is 6. The van der Waals surface area contributed by atoms with E-state index in [2.05, 4.69) is 52.1 Å². The number of carbonyl (C=O) groups is 1. The van der Waals surface area contributed by atoms with Gasteiger partial charge >= 0.3 is 0 Å². The summed E-state index contributed by atoms with van der Waals surface area (Å²) < 4.78 is 5.59. The Balaban J connectivity index is 1.29. The fraction of sp³-hybridized carbons (Fsp3) is 0.360. The molecule has 3 aromatic rings. The summed E-state index contributed by atoms with van der Waals surface area (Å²) in [5, 5.41) is 2.98. The third-order valence-electron chi connectivity index (χ3n) is 6.02. The van der Waals surface area contributed by atoms with Crippen molar-refractivity contribution in [2.24, 2.45) is 0 Å². The van der Waals surface area contributed by atoms with E-state index in [0.717, 1.165) is 31.7 Å². The zero-order valence-corrected chi connectivity index (χ0v) is 18.5. The summed E-state index contributed by atoms with van der Waals surface area (Å²) in [7, 11) is 0.